The zero-order valence-corrected chi connectivity index (χ0v) is 12.4. The highest BCUT2D eigenvalue weighted by Crippen LogP contribution is 2.33. The molecule has 0 saturated heterocycles. The van der Waals surface area contributed by atoms with E-state index in [0.717, 1.165) is 0 Å². The lowest BCUT2D eigenvalue weighted by Gasteiger charge is -2.16. The second kappa shape index (κ2) is 6.23. The zero-order chi connectivity index (χ0) is 14.5. The molecule has 1 aliphatic rings. The summed E-state index contributed by atoms with van der Waals surface area (Å²) in [5, 5.41) is 0. The molecule has 0 heterocycles. The van der Waals surface area contributed by atoms with Crippen LogP contribution < -0.4 is 0 Å². The minimum absolute atomic E-state index is 1.17. The van der Waals surface area contributed by atoms with Crippen LogP contribution in [0.5, 0.6) is 0 Å². The topological polar surface area (TPSA) is 0 Å². The molecule has 0 fully saturated rings. The van der Waals surface area contributed by atoms with Crippen molar-refractivity contribution in [3.05, 3.63) is 88.7 Å². The Morgan fingerprint density at radius 3 is 2.75 bits per heavy atom. The lowest BCUT2D eigenvalue weighted by atomic mass is 9.88. The van der Waals surface area contributed by atoms with Crippen LogP contribution in [0.15, 0.2) is 72.0 Å². The largest absolute Gasteiger partial charge is 0.121 e. The monoisotopic (exact) mass is 260 g/mol. The predicted molar refractivity (Wildman–Crippen MR) is 89.4 cm³/mol. The number of rotatable bonds is 3. The van der Waals surface area contributed by atoms with Crippen LogP contribution in [0.3, 0.4) is 0 Å². The minimum atomic E-state index is 1.17. The van der Waals surface area contributed by atoms with E-state index in [9.17, 15) is 0 Å². The molecule has 0 unspecified atom stereocenters. The number of aryl methyl sites for hydroxylation is 1. The quantitative estimate of drug-likeness (QED) is 0.617. The number of hydrogen-bond donors (Lipinski definition) is 0. The van der Waals surface area contributed by atoms with Crippen molar-refractivity contribution < 1.29 is 0 Å². The Labute approximate surface area is 121 Å². The lowest BCUT2D eigenvalue weighted by Crippen LogP contribution is -1.96. The van der Waals surface area contributed by atoms with Gasteiger partial charge >= 0.3 is 0 Å². The molecule has 0 heteroatoms. The molecule has 1 aromatic carbocycles. The van der Waals surface area contributed by atoms with Gasteiger partial charge in [0.05, 0.1) is 0 Å². The van der Waals surface area contributed by atoms with E-state index in [1.54, 1.807) is 0 Å². The zero-order valence-electron chi connectivity index (χ0n) is 12.4. The summed E-state index contributed by atoms with van der Waals surface area (Å²) in [7, 11) is 0. The summed E-state index contributed by atoms with van der Waals surface area (Å²) in [4.78, 5) is 0. The summed E-state index contributed by atoms with van der Waals surface area (Å²) in [5.41, 5.74) is 10.6. The molecular weight excluding hydrogens is 240 g/mol. The first-order valence-electron chi connectivity index (χ1n) is 6.88. The number of hydrogen-bond acceptors (Lipinski definition) is 0. The molecule has 1 aliphatic carbocycles. The van der Waals surface area contributed by atoms with Crippen LogP contribution in [0, 0.1) is 6.92 Å². The van der Waals surface area contributed by atoms with Gasteiger partial charge < -0.3 is 0 Å². The Kier molecular flexibility index (Phi) is 4.40. The van der Waals surface area contributed by atoms with Crippen molar-refractivity contribution in [1.29, 1.82) is 0 Å². The van der Waals surface area contributed by atoms with Gasteiger partial charge in [-0.3, -0.25) is 0 Å². The first kappa shape index (κ1) is 14.1. The van der Waals surface area contributed by atoms with Crippen molar-refractivity contribution in [2.45, 2.75) is 20.8 Å². The van der Waals surface area contributed by atoms with Crippen molar-refractivity contribution in [1.82, 2.24) is 0 Å². The average Bonchev–Trinajstić information content (AvgIpc) is 2.66. The maximum absolute atomic E-state index is 3.94. The van der Waals surface area contributed by atoms with E-state index in [2.05, 4.69) is 63.4 Å². The maximum Gasteiger partial charge on any atom is -0.00795 e. The van der Waals surface area contributed by atoms with E-state index in [-0.39, 0.29) is 0 Å². The maximum atomic E-state index is 3.94. The average molecular weight is 260 g/mol. The Morgan fingerprint density at radius 1 is 1.25 bits per heavy atom. The second-order valence-corrected chi connectivity index (χ2v) is 4.88. The SMILES string of the molecule is C=Cc1cccc(C)c1/C(=C\C)C1=C(C)C=C=CC=C1. The van der Waals surface area contributed by atoms with E-state index >= 15 is 0 Å². The molecule has 0 N–H and O–H groups in total. The molecule has 0 spiro atoms. The molecule has 0 atom stereocenters. The van der Waals surface area contributed by atoms with E-state index in [0.29, 0.717) is 0 Å². The fraction of sp³-hybridized carbons (Fsp3) is 0.150. The summed E-state index contributed by atoms with van der Waals surface area (Å²) in [6.07, 6.45) is 12.3. The fourth-order valence-corrected chi connectivity index (χ4v) is 2.55. The minimum Gasteiger partial charge on any atom is -0.121 e. The molecule has 20 heavy (non-hydrogen) atoms. The van der Waals surface area contributed by atoms with Crippen LogP contribution in [0.2, 0.25) is 0 Å². The van der Waals surface area contributed by atoms with Crippen molar-refractivity contribution in [2.24, 2.45) is 0 Å². The van der Waals surface area contributed by atoms with Crippen LogP contribution >= 0.6 is 0 Å². The molecular formula is C20H20. The Bertz CT molecular complexity index is 685. The Morgan fingerprint density at radius 2 is 2.05 bits per heavy atom. The van der Waals surface area contributed by atoms with E-state index < -0.39 is 0 Å². The fourth-order valence-electron chi connectivity index (χ4n) is 2.55. The summed E-state index contributed by atoms with van der Waals surface area (Å²) in [5.74, 6) is 0. The summed E-state index contributed by atoms with van der Waals surface area (Å²) < 4.78 is 0. The van der Waals surface area contributed by atoms with Gasteiger partial charge in [-0.15, -0.1) is 5.73 Å². The third-order valence-corrected chi connectivity index (χ3v) is 3.55. The van der Waals surface area contributed by atoms with Crippen LogP contribution in [0.1, 0.15) is 30.5 Å². The molecule has 0 bridgehead atoms. The van der Waals surface area contributed by atoms with Crippen molar-refractivity contribution in [2.75, 3.05) is 0 Å². The van der Waals surface area contributed by atoms with E-state index in [4.69, 9.17) is 0 Å². The van der Waals surface area contributed by atoms with Crippen molar-refractivity contribution >= 4 is 11.6 Å². The van der Waals surface area contributed by atoms with Crippen LogP contribution in [0.4, 0.5) is 0 Å². The number of allylic oxidation sites excluding steroid dienone is 7. The third kappa shape index (κ3) is 2.66. The molecule has 0 aromatic heterocycles. The standard InChI is InChI=1S/C20H20/c1-5-17-13-10-12-16(4)20(17)18(6-2)19-14-9-7-8-11-15(19)3/h5-7,9-14H,1H2,2-4H3/b18-6-. The predicted octanol–water partition coefficient (Wildman–Crippen LogP) is 5.64. The van der Waals surface area contributed by atoms with Gasteiger partial charge in [-0.05, 0) is 66.3 Å². The van der Waals surface area contributed by atoms with E-state index in [1.807, 2.05) is 24.3 Å². The third-order valence-electron chi connectivity index (χ3n) is 3.55. The molecule has 0 saturated carbocycles. The van der Waals surface area contributed by atoms with Crippen molar-refractivity contribution in [3.63, 3.8) is 0 Å². The molecule has 0 radical (unpaired) electrons. The lowest BCUT2D eigenvalue weighted by molar-refractivity contribution is 1.37. The highest BCUT2D eigenvalue weighted by molar-refractivity contribution is 5.88. The van der Waals surface area contributed by atoms with Crippen LogP contribution in [0.25, 0.3) is 11.6 Å². The van der Waals surface area contributed by atoms with Gasteiger partial charge in [-0.1, -0.05) is 49.1 Å². The first-order chi connectivity index (χ1) is 9.69. The highest BCUT2D eigenvalue weighted by Gasteiger charge is 2.13. The summed E-state index contributed by atoms with van der Waals surface area (Å²) in [6.45, 7) is 10.3. The Balaban J connectivity index is 2.67. The molecule has 0 aliphatic heterocycles. The molecule has 0 nitrogen and oxygen atoms in total. The van der Waals surface area contributed by atoms with Gasteiger partial charge in [0.1, 0.15) is 0 Å². The van der Waals surface area contributed by atoms with Gasteiger partial charge in [0.25, 0.3) is 0 Å². The highest BCUT2D eigenvalue weighted by atomic mass is 14.2. The van der Waals surface area contributed by atoms with Gasteiger partial charge in [0, 0.05) is 0 Å². The Hall–Kier alpha value is -2.30. The van der Waals surface area contributed by atoms with E-state index in [1.165, 1.54) is 33.4 Å². The first-order valence-corrected chi connectivity index (χ1v) is 6.88. The molecule has 2 rings (SSSR count). The van der Waals surface area contributed by atoms with Gasteiger partial charge in [0.2, 0.25) is 0 Å². The van der Waals surface area contributed by atoms with Crippen LogP contribution in [-0.4, -0.2) is 0 Å². The normalized spacial score (nSPS) is 14.7. The second-order valence-electron chi connectivity index (χ2n) is 4.88. The summed E-state index contributed by atoms with van der Waals surface area (Å²) >= 11 is 0. The molecule has 0 amide bonds. The summed E-state index contributed by atoms with van der Waals surface area (Å²) in [6, 6.07) is 6.34. The van der Waals surface area contributed by atoms with Gasteiger partial charge in [-0.25, -0.2) is 0 Å². The van der Waals surface area contributed by atoms with Gasteiger partial charge in [-0.2, -0.15) is 0 Å². The van der Waals surface area contributed by atoms with Crippen molar-refractivity contribution in [3.8, 4) is 0 Å². The molecule has 100 valence electrons. The smallest absolute Gasteiger partial charge is 0.00795 e. The van der Waals surface area contributed by atoms with Crippen LogP contribution in [-0.2, 0) is 0 Å². The van der Waals surface area contributed by atoms with Gasteiger partial charge in [0.15, 0.2) is 0 Å². The molecule has 1 aromatic rings. The number of benzene rings is 1.